The molecular weight excluding hydrogens is 316 g/mol. The minimum absolute atomic E-state index is 0.173. The average molecular weight is 336 g/mol. The number of anilines is 1. The molecule has 1 aliphatic heterocycles. The van der Waals surface area contributed by atoms with Gasteiger partial charge in [0.05, 0.1) is 17.9 Å². The van der Waals surface area contributed by atoms with Crippen molar-refractivity contribution >= 4 is 17.0 Å². The number of hydrogen-bond donors (Lipinski definition) is 1. The van der Waals surface area contributed by atoms with E-state index >= 15 is 0 Å². The Kier molecular flexibility index (Phi) is 3.57. The molecule has 24 heavy (non-hydrogen) atoms. The molecule has 122 valence electrons. The summed E-state index contributed by atoms with van der Waals surface area (Å²) in [6.07, 6.45) is 0. The van der Waals surface area contributed by atoms with Gasteiger partial charge in [-0.2, -0.15) is 0 Å². The molecule has 3 nitrogen and oxygen atoms in total. The second-order valence-corrected chi connectivity index (χ2v) is 7.64. The fraction of sp³-hybridized carbons (Fsp3) is 0.250. The Morgan fingerprint density at radius 2 is 2.00 bits per heavy atom. The summed E-state index contributed by atoms with van der Waals surface area (Å²) in [5.74, 6) is 0.907. The van der Waals surface area contributed by atoms with E-state index in [0.29, 0.717) is 0 Å². The number of aryl methyl sites for hydroxylation is 1. The minimum Gasteiger partial charge on any atom is -0.484 e. The molecule has 0 atom stereocenters. The number of nitrogens with zero attached hydrogens (tertiary/aromatic N) is 1. The number of thiazole rings is 1. The van der Waals surface area contributed by atoms with Gasteiger partial charge in [0.15, 0.2) is 0 Å². The van der Waals surface area contributed by atoms with Crippen molar-refractivity contribution in [3.05, 3.63) is 53.4 Å². The van der Waals surface area contributed by atoms with Gasteiger partial charge in [-0.05, 0) is 44.5 Å². The Balaban J connectivity index is 1.67. The maximum absolute atomic E-state index is 6.02. The fourth-order valence-electron chi connectivity index (χ4n) is 2.90. The van der Waals surface area contributed by atoms with Gasteiger partial charge in [-0.1, -0.05) is 24.3 Å². The summed E-state index contributed by atoms with van der Waals surface area (Å²) < 4.78 is 6.02. The maximum atomic E-state index is 6.02. The predicted octanol–water partition coefficient (Wildman–Crippen LogP) is 5.37. The zero-order valence-electron chi connectivity index (χ0n) is 14.1. The first-order chi connectivity index (χ1) is 11.5. The van der Waals surface area contributed by atoms with E-state index in [2.05, 4.69) is 67.9 Å². The van der Waals surface area contributed by atoms with E-state index in [1.54, 1.807) is 11.3 Å². The Morgan fingerprint density at radius 3 is 2.83 bits per heavy atom. The van der Waals surface area contributed by atoms with Crippen LogP contribution in [0, 0.1) is 6.92 Å². The number of aromatic nitrogens is 1. The third-order valence-electron chi connectivity index (χ3n) is 4.25. The molecule has 3 aromatic rings. The van der Waals surface area contributed by atoms with Crippen LogP contribution in [0.15, 0.2) is 47.8 Å². The molecule has 0 fully saturated rings. The molecule has 0 aliphatic carbocycles. The first-order valence-electron chi connectivity index (χ1n) is 8.11. The smallest absolute Gasteiger partial charge is 0.143 e. The van der Waals surface area contributed by atoms with Crippen LogP contribution in [-0.4, -0.2) is 17.1 Å². The van der Waals surface area contributed by atoms with Crippen molar-refractivity contribution in [2.45, 2.75) is 26.4 Å². The summed E-state index contributed by atoms with van der Waals surface area (Å²) in [5.41, 5.74) is 5.44. The number of ether oxygens (including phenoxy) is 1. The van der Waals surface area contributed by atoms with Gasteiger partial charge in [-0.25, -0.2) is 4.98 Å². The van der Waals surface area contributed by atoms with E-state index in [9.17, 15) is 0 Å². The molecule has 0 spiro atoms. The number of hydrogen-bond acceptors (Lipinski definition) is 4. The molecule has 0 radical (unpaired) electrons. The van der Waals surface area contributed by atoms with Crippen molar-refractivity contribution < 1.29 is 4.74 Å². The van der Waals surface area contributed by atoms with Gasteiger partial charge in [0.2, 0.25) is 0 Å². The molecule has 1 aliphatic rings. The van der Waals surface area contributed by atoms with Crippen LogP contribution in [0.4, 0.5) is 5.69 Å². The highest BCUT2D eigenvalue weighted by atomic mass is 32.1. The number of nitrogens with one attached hydrogen (secondary N) is 1. The van der Waals surface area contributed by atoms with Gasteiger partial charge in [-0.3, -0.25) is 0 Å². The number of benzene rings is 2. The predicted molar refractivity (Wildman–Crippen MR) is 101 cm³/mol. The third-order valence-corrected chi connectivity index (χ3v) is 5.12. The monoisotopic (exact) mass is 336 g/mol. The van der Waals surface area contributed by atoms with Crippen molar-refractivity contribution in [1.82, 2.24) is 4.98 Å². The van der Waals surface area contributed by atoms with E-state index in [1.165, 1.54) is 11.1 Å². The van der Waals surface area contributed by atoms with Crippen LogP contribution in [0.1, 0.15) is 19.4 Å². The summed E-state index contributed by atoms with van der Waals surface area (Å²) in [5, 5.41) is 6.64. The van der Waals surface area contributed by atoms with E-state index in [0.717, 1.165) is 34.2 Å². The summed E-state index contributed by atoms with van der Waals surface area (Å²) in [6, 6.07) is 14.6. The molecule has 0 amide bonds. The average Bonchev–Trinajstić information content (AvgIpc) is 3.04. The van der Waals surface area contributed by atoms with Crippen molar-refractivity contribution in [3.63, 3.8) is 0 Å². The van der Waals surface area contributed by atoms with E-state index in [-0.39, 0.29) is 5.60 Å². The van der Waals surface area contributed by atoms with Gasteiger partial charge in [0.1, 0.15) is 16.4 Å². The summed E-state index contributed by atoms with van der Waals surface area (Å²) in [7, 11) is 0. The zero-order chi connectivity index (χ0) is 16.7. The Bertz CT molecular complexity index is 898. The van der Waals surface area contributed by atoms with Crippen LogP contribution in [0.2, 0.25) is 0 Å². The molecule has 0 unspecified atom stereocenters. The van der Waals surface area contributed by atoms with Crippen LogP contribution < -0.4 is 10.1 Å². The SMILES string of the molecule is Cc1ccccc1-c1nc(-c2ccc3c(c2)NCC(C)(C)O3)cs1. The second-order valence-electron chi connectivity index (χ2n) is 6.78. The maximum Gasteiger partial charge on any atom is 0.143 e. The van der Waals surface area contributed by atoms with Gasteiger partial charge in [-0.15, -0.1) is 11.3 Å². The molecule has 1 aromatic heterocycles. The van der Waals surface area contributed by atoms with Gasteiger partial charge >= 0.3 is 0 Å². The van der Waals surface area contributed by atoms with Crippen molar-refractivity contribution in [3.8, 4) is 27.6 Å². The summed E-state index contributed by atoms with van der Waals surface area (Å²) >= 11 is 1.69. The van der Waals surface area contributed by atoms with Crippen LogP contribution in [0.25, 0.3) is 21.8 Å². The molecule has 2 aromatic carbocycles. The van der Waals surface area contributed by atoms with Crippen molar-refractivity contribution in [1.29, 1.82) is 0 Å². The molecule has 4 heteroatoms. The number of rotatable bonds is 2. The van der Waals surface area contributed by atoms with Crippen LogP contribution in [0.3, 0.4) is 0 Å². The van der Waals surface area contributed by atoms with Crippen LogP contribution >= 0.6 is 11.3 Å². The Labute approximate surface area is 146 Å². The molecular formula is C20H20N2OS. The molecule has 0 saturated heterocycles. The zero-order valence-corrected chi connectivity index (χ0v) is 14.9. The van der Waals surface area contributed by atoms with Crippen LogP contribution in [0.5, 0.6) is 5.75 Å². The summed E-state index contributed by atoms with van der Waals surface area (Å²) in [4.78, 5) is 4.84. The summed E-state index contributed by atoms with van der Waals surface area (Å²) in [6.45, 7) is 7.10. The Hall–Kier alpha value is -2.33. The molecule has 0 bridgehead atoms. The highest BCUT2D eigenvalue weighted by molar-refractivity contribution is 7.13. The normalized spacial score (nSPS) is 15.3. The standard InChI is InChI=1S/C20H20N2OS/c1-13-6-4-5-7-15(13)19-22-17(11-24-19)14-8-9-18-16(10-14)21-12-20(2,3)23-18/h4-11,21H,12H2,1-3H3. The lowest BCUT2D eigenvalue weighted by atomic mass is 10.1. The lowest BCUT2D eigenvalue weighted by Crippen LogP contribution is -2.39. The lowest BCUT2D eigenvalue weighted by Gasteiger charge is -2.33. The van der Waals surface area contributed by atoms with Gasteiger partial charge in [0, 0.05) is 16.5 Å². The van der Waals surface area contributed by atoms with Gasteiger partial charge in [0.25, 0.3) is 0 Å². The highest BCUT2D eigenvalue weighted by Gasteiger charge is 2.26. The van der Waals surface area contributed by atoms with E-state index < -0.39 is 0 Å². The second kappa shape index (κ2) is 5.64. The lowest BCUT2D eigenvalue weighted by molar-refractivity contribution is 0.116. The van der Waals surface area contributed by atoms with Crippen LogP contribution in [-0.2, 0) is 0 Å². The highest BCUT2D eigenvalue weighted by Crippen LogP contribution is 2.37. The van der Waals surface area contributed by atoms with Gasteiger partial charge < -0.3 is 10.1 Å². The van der Waals surface area contributed by atoms with E-state index in [4.69, 9.17) is 9.72 Å². The quantitative estimate of drug-likeness (QED) is 0.683. The molecule has 2 heterocycles. The van der Waals surface area contributed by atoms with Crippen molar-refractivity contribution in [2.24, 2.45) is 0 Å². The molecule has 1 N–H and O–H groups in total. The fourth-order valence-corrected chi connectivity index (χ4v) is 3.82. The number of fused-ring (bicyclic) bond motifs is 1. The minimum atomic E-state index is -0.173. The molecule has 4 rings (SSSR count). The first-order valence-corrected chi connectivity index (χ1v) is 8.99. The third kappa shape index (κ3) is 2.78. The first kappa shape index (κ1) is 15.2. The largest absolute Gasteiger partial charge is 0.484 e. The Morgan fingerprint density at radius 1 is 1.17 bits per heavy atom. The topological polar surface area (TPSA) is 34.2 Å². The molecule has 0 saturated carbocycles. The van der Waals surface area contributed by atoms with E-state index in [1.807, 2.05) is 6.07 Å². The van der Waals surface area contributed by atoms with Crippen molar-refractivity contribution in [2.75, 3.05) is 11.9 Å².